The molecule has 0 bridgehead atoms. The lowest BCUT2D eigenvalue weighted by atomic mass is 9.99. The molecule has 1 aliphatic rings. The molecule has 0 saturated carbocycles. The van der Waals surface area contributed by atoms with E-state index >= 15 is 0 Å². The van der Waals surface area contributed by atoms with Crippen LogP contribution in [-0.2, 0) is 20.9 Å². The van der Waals surface area contributed by atoms with Gasteiger partial charge in [0.1, 0.15) is 24.9 Å². The Morgan fingerprint density at radius 3 is 2.35 bits per heavy atom. The Morgan fingerprint density at radius 2 is 1.70 bits per heavy atom. The first-order valence-corrected chi connectivity index (χ1v) is 6.09. The van der Waals surface area contributed by atoms with Crippen LogP contribution in [0.5, 0.6) is 0 Å². The average molecular weight is 284 g/mol. The summed E-state index contributed by atoms with van der Waals surface area (Å²) in [5, 5.41) is 37.7. The summed E-state index contributed by atoms with van der Waals surface area (Å²) in [5.41, 5.74) is 0.743. The maximum atomic E-state index is 11.8. The lowest BCUT2D eigenvalue weighted by Gasteiger charge is -2.36. The minimum Gasteiger partial charge on any atom is -0.459 e. The van der Waals surface area contributed by atoms with Crippen LogP contribution in [-0.4, -0.2) is 57.1 Å². The van der Waals surface area contributed by atoms with E-state index in [4.69, 9.17) is 9.47 Å². The van der Waals surface area contributed by atoms with Gasteiger partial charge in [-0.05, 0) is 5.56 Å². The van der Waals surface area contributed by atoms with E-state index in [1.165, 1.54) is 0 Å². The van der Waals surface area contributed by atoms with Crippen LogP contribution in [0.3, 0.4) is 0 Å². The highest BCUT2D eigenvalue weighted by molar-refractivity contribution is 5.75. The second-order valence-corrected chi connectivity index (χ2v) is 4.51. The van der Waals surface area contributed by atoms with E-state index in [1.807, 2.05) is 6.07 Å². The first kappa shape index (κ1) is 14.9. The van der Waals surface area contributed by atoms with Gasteiger partial charge in [0, 0.05) is 0 Å². The van der Waals surface area contributed by atoms with Crippen molar-refractivity contribution in [3.63, 3.8) is 0 Å². The lowest BCUT2D eigenvalue weighted by Crippen LogP contribution is -2.59. The predicted octanol–water partition coefficient (Wildman–Crippen LogP) is -1.47. The first-order chi connectivity index (χ1) is 9.50. The highest BCUT2D eigenvalue weighted by atomic mass is 16.7. The Kier molecular flexibility index (Phi) is 4.69. The van der Waals surface area contributed by atoms with Crippen molar-refractivity contribution >= 4 is 5.97 Å². The molecule has 1 saturated heterocycles. The van der Waals surface area contributed by atoms with E-state index < -0.39 is 36.7 Å². The maximum absolute atomic E-state index is 11.8. The quantitative estimate of drug-likeness (QED) is 0.501. The van der Waals surface area contributed by atoms with E-state index in [-0.39, 0.29) is 6.61 Å². The molecule has 0 radical (unpaired) electrons. The number of carbonyl (C=O) groups is 1. The van der Waals surface area contributed by atoms with Crippen molar-refractivity contribution in [2.24, 2.45) is 0 Å². The van der Waals surface area contributed by atoms with Gasteiger partial charge in [0.25, 0.3) is 0 Å². The first-order valence-electron chi connectivity index (χ1n) is 6.09. The van der Waals surface area contributed by atoms with Crippen molar-refractivity contribution in [2.75, 3.05) is 0 Å². The monoisotopic (exact) mass is 284 g/mol. The zero-order valence-electron chi connectivity index (χ0n) is 10.5. The molecule has 0 spiro atoms. The van der Waals surface area contributed by atoms with Crippen LogP contribution in [0.1, 0.15) is 5.56 Å². The van der Waals surface area contributed by atoms with Gasteiger partial charge in [-0.25, -0.2) is 4.79 Å². The molecule has 110 valence electrons. The largest absolute Gasteiger partial charge is 0.459 e. The number of benzene rings is 1. The molecule has 5 atom stereocenters. The number of hydrogen-bond acceptors (Lipinski definition) is 7. The number of aliphatic hydroxyl groups excluding tert-OH is 4. The summed E-state index contributed by atoms with van der Waals surface area (Å²) in [6.07, 6.45) is -8.34. The van der Waals surface area contributed by atoms with Gasteiger partial charge in [0.05, 0.1) is 0 Å². The third-order valence-electron chi connectivity index (χ3n) is 3.04. The summed E-state index contributed by atoms with van der Waals surface area (Å²) in [5.74, 6) is -0.925. The molecule has 7 heteroatoms. The fourth-order valence-electron chi connectivity index (χ4n) is 1.87. The average Bonchev–Trinajstić information content (AvgIpc) is 2.47. The van der Waals surface area contributed by atoms with Gasteiger partial charge in [-0.3, -0.25) is 0 Å². The van der Waals surface area contributed by atoms with Crippen LogP contribution >= 0.6 is 0 Å². The van der Waals surface area contributed by atoms with Crippen molar-refractivity contribution < 1.29 is 34.7 Å². The molecule has 1 fully saturated rings. The summed E-state index contributed by atoms with van der Waals surface area (Å²) in [6, 6.07) is 8.86. The molecule has 2 rings (SSSR count). The molecule has 1 aromatic rings. The molecular weight excluding hydrogens is 268 g/mol. The van der Waals surface area contributed by atoms with Crippen LogP contribution in [0.15, 0.2) is 30.3 Å². The number of carbonyl (C=O) groups excluding carboxylic acids is 1. The van der Waals surface area contributed by atoms with Crippen LogP contribution in [0.4, 0.5) is 0 Å². The van der Waals surface area contributed by atoms with Gasteiger partial charge in [-0.1, -0.05) is 30.3 Å². The summed E-state index contributed by atoms with van der Waals surface area (Å²) < 4.78 is 9.69. The highest BCUT2D eigenvalue weighted by Gasteiger charge is 2.46. The Morgan fingerprint density at radius 1 is 1.05 bits per heavy atom. The Labute approximate surface area is 115 Å². The molecule has 1 heterocycles. The highest BCUT2D eigenvalue weighted by Crippen LogP contribution is 2.21. The van der Waals surface area contributed by atoms with E-state index in [0.29, 0.717) is 0 Å². The van der Waals surface area contributed by atoms with Crippen LogP contribution < -0.4 is 0 Å². The van der Waals surface area contributed by atoms with Gasteiger partial charge in [-0.15, -0.1) is 0 Å². The van der Waals surface area contributed by atoms with Gasteiger partial charge < -0.3 is 29.9 Å². The maximum Gasteiger partial charge on any atom is 0.338 e. The van der Waals surface area contributed by atoms with Crippen molar-refractivity contribution in [1.29, 1.82) is 0 Å². The standard InChI is InChI=1S/C13H16O7/c14-8-9(15)11(20-12(17)10(8)16)13(18)19-6-7-4-2-1-3-5-7/h1-5,8-12,14-17H,6H2. The zero-order valence-corrected chi connectivity index (χ0v) is 10.5. The third kappa shape index (κ3) is 3.14. The van der Waals surface area contributed by atoms with Crippen molar-refractivity contribution in [1.82, 2.24) is 0 Å². The molecule has 0 amide bonds. The molecule has 7 nitrogen and oxygen atoms in total. The van der Waals surface area contributed by atoms with Gasteiger partial charge in [0.2, 0.25) is 0 Å². The molecule has 0 aromatic heterocycles. The van der Waals surface area contributed by atoms with E-state index in [2.05, 4.69) is 0 Å². The minimum absolute atomic E-state index is 0.0268. The zero-order chi connectivity index (χ0) is 14.7. The van der Waals surface area contributed by atoms with E-state index in [0.717, 1.165) is 5.56 Å². The summed E-state index contributed by atoms with van der Waals surface area (Å²) >= 11 is 0. The second kappa shape index (κ2) is 6.29. The summed E-state index contributed by atoms with van der Waals surface area (Å²) in [4.78, 5) is 11.8. The van der Waals surface area contributed by atoms with Crippen molar-refractivity contribution in [3.8, 4) is 0 Å². The Balaban J connectivity index is 1.95. The fourth-order valence-corrected chi connectivity index (χ4v) is 1.87. The lowest BCUT2D eigenvalue weighted by molar-refractivity contribution is -0.281. The third-order valence-corrected chi connectivity index (χ3v) is 3.04. The molecule has 20 heavy (non-hydrogen) atoms. The number of hydrogen-bond donors (Lipinski definition) is 4. The minimum atomic E-state index is -1.76. The predicted molar refractivity (Wildman–Crippen MR) is 65.1 cm³/mol. The van der Waals surface area contributed by atoms with Crippen LogP contribution in [0, 0.1) is 0 Å². The van der Waals surface area contributed by atoms with Crippen molar-refractivity contribution in [2.45, 2.75) is 37.3 Å². The number of aliphatic hydroxyl groups is 4. The molecule has 1 aromatic carbocycles. The number of ether oxygens (including phenoxy) is 2. The molecule has 5 unspecified atom stereocenters. The van der Waals surface area contributed by atoms with Crippen LogP contribution in [0.2, 0.25) is 0 Å². The summed E-state index contributed by atoms with van der Waals surface area (Å²) in [6.45, 7) is -0.0268. The van der Waals surface area contributed by atoms with Crippen molar-refractivity contribution in [3.05, 3.63) is 35.9 Å². The Bertz CT molecular complexity index is 449. The number of rotatable bonds is 3. The van der Waals surface area contributed by atoms with E-state index in [9.17, 15) is 25.2 Å². The van der Waals surface area contributed by atoms with Crippen LogP contribution in [0.25, 0.3) is 0 Å². The molecule has 4 N–H and O–H groups in total. The molecule has 1 aliphatic heterocycles. The van der Waals surface area contributed by atoms with E-state index in [1.54, 1.807) is 24.3 Å². The molecular formula is C13H16O7. The number of esters is 1. The van der Waals surface area contributed by atoms with Gasteiger partial charge >= 0.3 is 5.97 Å². The van der Waals surface area contributed by atoms with Gasteiger partial charge in [-0.2, -0.15) is 0 Å². The smallest absolute Gasteiger partial charge is 0.338 e. The summed E-state index contributed by atoms with van der Waals surface area (Å²) in [7, 11) is 0. The topological polar surface area (TPSA) is 116 Å². The SMILES string of the molecule is O=C(OCc1ccccc1)C1OC(O)C(O)C(O)C1O. The molecule has 0 aliphatic carbocycles. The fraction of sp³-hybridized carbons (Fsp3) is 0.462. The second-order valence-electron chi connectivity index (χ2n) is 4.51. The van der Waals surface area contributed by atoms with Gasteiger partial charge in [0.15, 0.2) is 12.4 Å². The normalized spacial score (nSPS) is 33.7. The Hall–Kier alpha value is -1.51.